The molecule has 6 heteroatoms. The van der Waals surface area contributed by atoms with Gasteiger partial charge in [0, 0.05) is 16.6 Å². The third-order valence-electron chi connectivity index (χ3n) is 2.38. The van der Waals surface area contributed by atoms with E-state index < -0.39 is 0 Å². The van der Waals surface area contributed by atoms with Crippen LogP contribution >= 0.6 is 39.7 Å². The van der Waals surface area contributed by atoms with E-state index in [0.717, 1.165) is 28.8 Å². The summed E-state index contributed by atoms with van der Waals surface area (Å²) >= 11 is 14.6. The van der Waals surface area contributed by atoms with Gasteiger partial charge in [-0.3, -0.25) is 5.10 Å². The van der Waals surface area contributed by atoms with E-state index in [0.29, 0.717) is 9.79 Å². The Balaban J connectivity index is 2.52. The normalized spacial score (nSPS) is 10.8. The molecule has 2 aromatic rings. The molecule has 0 saturated heterocycles. The second kappa shape index (κ2) is 5.33. The summed E-state index contributed by atoms with van der Waals surface area (Å²) < 4.78 is 3.49. The summed E-state index contributed by atoms with van der Waals surface area (Å²) in [5.74, 6) is 0.825. The van der Waals surface area contributed by atoms with E-state index in [-0.39, 0.29) is 0 Å². The Labute approximate surface area is 118 Å². The molecule has 3 nitrogen and oxygen atoms in total. The molecular formula is C11H11BrClN3S. The van der Waals surface area contributed by atoms with Crippen LogP contribution in [0.1, 0.15) is 13.3 Å². The summed E-state index contributed by atoms with van der Waals surface area (Å²) in [6.07, 6.45) is 1.01. The van der Waals surface area contributed by atoms with Crippen LogP contribution in [0.4, 0.5) is 0 Å². The molecule has 90 valence electrons. The topological polar surface area (TPSA) is 33.6 Å². The average Bonchev–Trinajstić information content (AvgIpc) is 2.66. The number of hydrogen-bond donors (Lipinski definition) is 1. The highest BCUT2D eigenvalue weighted by atomic mass is 79.9. The van der Waals surface area contributed by atoms with Crippen molar-refractivity contribution in [1.82, 2.24) is 14.8 Å². The minimum absolute atomic E-state index is 0.640. The lowest BCUT2D eigenvalue weighted by Crippen LogP contribution is -1.99. The average molecular weight is 333 g/mol. The zero-order valence-electron chi connectivity index (χ0n) is 9.20. The van der Waals surface area contributed by atoms with Crippen LogP contribution in [0.15, 0.2) is 22.7 Å². The predicted octanol–water partition coefficient (Wildman–Crippen LogP) is 4.43. The first-order chi connectivity index (χ1) is 8.13. The first kappa shape index (κ1) is 12.8. The molecule has 0 amide bonds. The molecule has 0 atom stereocenters. The number of halogens is 2. The van der Waals surface area contributed by atoms with Gasteiger partial charge in [-0.15, -0.1) is 0 Å². The van der Waals surface area contributed by atoms with E-state index in [9.17, 15) is 0 Å². The second-order valence-electron chi connectivity index (χ2n) is 3.63. The van der Waals surface area contributed by atoms with Gasteiger partial charge in [-0.05, 0) is 52.8 Å². The molecular weight excluding hydrogens is 322 g/mol. The van der Waals surface area contributed by atoms with Gasteiger partial charge in [0.2, 0.25) is 0 Å². The first-order valence-electron chi connectivity index (χ1n) is 5.24. The number of rotatable bonds is 3. The van der Waals surface area contributed by atoms with Gasteiger partial charge in [0.25, 0.3) is 0 Å². The Morgan fingerprint density at radius 2 is 2.29 bits per heavy atom. The van der Waals surface area contributed by atoms with Crippen molar-refractivity contribution in [3.05, 3.63) is 32.5 Å². The summed E-state index contributed by atoms with van der Waals surface area (Å²) in [6, 6.07) is 5.75. The quantitative estimate of drug-likeness (QED) is 0.843. The van der Waals surface area contributed by atoms with E-state index in [1.165, 1.54) is 0 Å². The predicted molar refractivity (Wildman–Crippen MR) is 75.8 cm³/mol. The summed E-state index contributed by atoms with van der Waals surface area (Å²) in [4.78, 5) is 0. The van der Waals surface area contributed by atoms with Crippen LogP contribution in [0.3, 0.4) is 0 Å². The molecule has 1 heterocycles. The Bertz CT molecular complexity index is 591. The molecule has 1 aromatic heterocycles. The lowest BCUT2D eigenvalue weighted by Gasteiger charge is -2.06. The van der Waals surface area contributed by atoms with Crippen LogP contribution in [0.2, 0.25) is 5.02 Å². The minimum atomic E-state index is 0.640. The number of aromatic amines is 1. The molecule has 1 aromatic carbocycles. The van der Waals surface area contributed by atoms with Crippen molar-refractivity contribution < 1.29 is 0 Å². The van der Waals surface area contributed by atoms with Gasteiger partial charge < -0.3 is 4.57 Å². The fourth-order valence-corrected chi connectivity index (χ4v) is 2.25. The standard InChI is InChI=1S/C11H11BrClN3S/c1-2-5-16-10(14-15-11(16)17)7-3-4-8(12)9(13)6-7/h3-4,6H,2,5H2,1H3,(H,15,17). The smallest absolute Gasteiger partial charge is 0.195 e. The van der Waals surface area contributed by atoms with Crippen molar-refractivity contribution >= 4 is 39.7 Å². The Kier molecular flexibility index (Phi) is 4.01. The van der Waals surface area contributed by atoms with Crippen LogP contribution in [-0.4, -0.2) is 14.8 Å². The zero-order chi connectivity index (χ0) is 12.4. The number of nitrogens with zero attached hydrogens (tertiary/aromatic N) is 2. The lowest BCUT2D eigenvalue weighted by atomic mass is 10.2. The van der Waals surface area contributed by atoms with Crippen molar-refractivity contribution in [3.63, 3.8) is 0 Å². The maximum Gasteiger partial charge on any atom is 0.195 e. The highest BCUT2D eigenvalue weighted by Gasteiger charge is 2.09. The fraction of sp³-hybridized carbons (Fsp3) is 0.273. The molecule has 0 aliphatic heterocycles. The van der Waals surface area contributed by atoms with Gasteiger partial charge in [-0.2, -0.15) is 5.10 Å². The van der Waals surface area contributed by atoms with E-state index >= 15 is 0 Å². The first-order valence-corrected chi connectivity index (χ1v) is 6.82. The summed E-state index contributed by atoms with van der Waals surface area (Å²) in [6.45, 7) is 2.95. The largest absolute Gasteiger partial charge is 0.300 e. The van der Waals surface area contributed by atoms with E-state index in [1.807, 2.05) is 22.8 Å². The van der Waals surface area contributed by atoms with Crippen LogP contribution < -0.4 is 0 Å². The lowest BCUT2D eigenvalue weighted by molar-refractivity contribution is 0.675. The monoisotopic (exact) mass is 331 g/mol. The van der Waals surface area contributed by atoms with Crippen molar-refractivity contribution in [2.24, 2.45) is 0 Å². The van der Waals surface area contributed by atoms with Gasteiger partial charge in [0.1, 0.15) is 0 Å². The molecule has 0 fully saturated rings. The Hall–Kier alpha value is -0.650. The van der Waals surface area contributed by atoms with Gasteiger partial charge in [0.05, 0.1) is 5.02 Å². The molecule has 0 aliphatic rings. The Morgan fingerprint density at radius 3 is 2.94 bits per heavy atom. The van der Waals surface area contributed by atoms with E-state index in [1.54, 1.807) is 0 Å². The van der Waals surface area contributed by atoms with E-state index in [2.05, 4.69) is 33.1 Å². The van der Waals surface area contributed by atoms with Crippen molar-refractivity contribution in [1.29, 1.82) is 0 Å². The zero-order valence-corrected chi connectivity index (χ0v) is 12.4. The summed E-state index contributed by atoms with van der Waals surface area (Å²) in [7, 11) is 0. The maximum atomic E-state index is 6.08. The SMILES string of the molecule is CCCn1c(-c2ccc(Br)c(Cl)c2)n[nH]c1=S. The van der Waals surface area contributed by atoms with Crippen molar-refractivity contribution in [2.75, 3.05) is 0 Å². The molecule has 0 spiro atoms. The number of H-pyrrole nitrogens is 1. The number of aromatic nitrogens is 3. The molecule has 0 saturated carbocycles. The van der Waals surface area contributed by atoms with Crippen LogP contribution in [0.5, 0.6) is 0 Å². The van der Waals surface area contributed by atoms with Crippen LogP contribution in [0.25, 0.3) is 11.4 Å². The maximum absolute atomic E-state index is 6.08. The van der Waals surface area contributed by atoms with E-state index in [4.69, 9.17) is 23.8 Å². The molecule has 0 radical (unpaired) electrons. The third kappa shape index (κ3) is 2.61. The van der Waals surface area contributed by atoms with Crippen molar-refractivity contribution in [3.8, 4) is 11.4 Å². The molecule has 0 bridgehead atoms. The highest BCUT2D eigenvalue weighted by molar-refractivity contribution is 9.10. The molecule has 17 heavy (non-hydrogen) atoms. The number of hydrogen-bond acceptors (Lipinski definition) is 2. The number of nitrogens with one attached hydrogen (secondary N) is 1. The second-order valence-corrected chi connectivity index (χ2v) is 5.28. The Morgan fingerprint density at radius 1 is 1.53 bits per heavy atom. The van der Waals surface area contributed by atoms with Crippen molar-refractivity contribution in [2.45, 2.75) is 19.9 Å². The third-order valence-corrected chi connectivity index (χ3v) is 3.93. The minimum Gasteiger partial charge on any atom is -0.300 e. The fourth-order valence-electron chi connectivity index (χ4n) is 1.60. The van der Waals surface area contributed by atoms with Crippen LogP contribution in [-0.2, 0) is 6.54 Å². The highest BCUT2D eigenvalue weighted by Crippen LogP contribution is 2.28. The van der Waals surface area contributed by atoms with Gasteiger partial charge in [-0.1, -0.05) is 18.5 Å². The van der Waals surface area contributed by atoms with Crippen LogP contribution in [0, 0.1) is 4.77 Å². The molecule has 0 unspecified atom stereocenters. The summed E-state index contributed by atoms with van der Waals surface area (Å²) in [5, 5.41) is 7.73. The molecule has 2 rings (SSSR count). The summed E-state index contributed by atoms with van der Waals surface area (Å²) in [5.41, 5.74) is 0.957. The van der Waals surface area contributed by atoms with Gasteiger partial charge in [-0.25, -0.2) is 0 Å². The molecule has 0 aliphatic carbocycles. The molecule has 1 N–H and O–H groups in total. The van der Waals surface area contributed by atoms with Gasteiger partial charge in [0.15, 0.2) is 10.6 Å². The number of benzene rings is 1. The van der Waals surface area contributed by atoms with Gasteiger partial charge >= 0.3 is 0 Å².